The Hall–Kier alpha value is -1.88. The molecule has 0 aliphatic heterocycles. The molecule has 2 N–H and O–H groups in total. The Morgan fingerprint density at radius 2 is 2.24 bits per heavy atom. The zero-order valence-corrected chi connectivity index (χ0v) is 12.5. The smallest absolute Gasteiger partial charge is 0.264 e. The van der Waals surface area contributed by atoms with Gasteiger partial charge in [0.2, 0.25) is 0 Å². The summed E-state index contributed by atoms with van der Waals surface area (Å²) < 4.78 is 11.2. The van der Waals surface area contributed by atoms with E-state index in [4.69, 9.17) is 15.0 Å². The topological polar surface area (TPSA) is 74.2 Å². The number of benzene rings is 1. The van der Waals surface area contributed by atoms with Crippen LogP contribution >= 0.6 is 0 Å². The van der Waals surface area contributed by atoms with Gasteiger partial charge in [0.05, 0.1) is 0 Å². The molecule has 1 atom stereocenters. The van der Waals surface area contributed by atoms with Crippen LogP contribution in [0.4, 0.5) is 0 Å². The summed E-state index contributed by atoms with van der Waals surface area (Å²) in [6, 6.07) is 6.20. The molecule has 1 fully saturated rings. The van der Waals surface area contributed by atoms with Gasteiger partial charge < -0.3 is 15.0 Å². The van der Waals surface area contributed by atoms with Crippen LogP contribution in [-0.4, -0.2) is 16.2 Å². The van der Waals surface area contributed by atoms with Crippen LogP contribution in [0.15, 0.2) is 22.7 Å². The van der Waals surface area contributed by atoms with E-state index in [0.717, 1.165) is 42.0 Å². The van der Waals surface area contributed by atoms with Crippen molar-refractivity contribution in [2.45, 2.75) is 51.7 Å². The Morgan fingerprint density at radius 3 is 2.95 bits per heavy atom. The van der Waals surface area contributed by atoms with E-state index < -0.39 is 0 Å². The lowest BCUT2D eigenvalue weighted by atomic mass is 10.0. The zero-order valence-electron chi connectivity index (χ0n) is 12.5. The predicted molar refractivity (Wildman–Crippen MR) is 79.1 cm³/mol. The molecule has 21 heavy (non-hydrogen) atoms. The largest absolute Gasteiger partial charge is 0.483 e. The Balaban J connectivity index is 1.71. The van der Waals surface area contributed by atoms with Crippen LogP contribution < -0.4 is 10.5 Å². The van der Waals surface area contributed by atoms with E-state index in [1.807, 2.05) is 26.0 Å². The van der Waals surface area contributed by atoms with Crippen molar-refractivity contribution in [1.82, 2.24) is 10.1 Å². The Kier molecular flexibility index (Phi) is 3.92. The lowest BCUT2D eigenvalue weighted by Gasteiger charge is -2.14. The average molecular weight is 287 g/mol. The fourth-order valence-electron chi connectivity index (χ4n) is 2.40. The molecule has 1 aliphatic carbocycles. The molecule has 0 radical (unpaired) electrons. The number of rotatable bonds is 6. The van der Waals surface area contributed by atoms with E-state index in [1.165, 1.54) is 0 Å². The van der Waals surface area contributed by atoms with Crippen LogP contribution in [0.1, 0.15) is 48.5 Å². The average Bonchev–Trinajstić information content (AvgIpc) is 3.17. The van der Waals surface area contributed by atoms with E-state index >= 15 is 0 Å². The highest BCUT2D eigenvalue weighted by atomic mass is 16.5. The minimum atomic E-state index is 0.0963. The Labute approximate surface area is 124 Å². The molecule has 1 heterocycles. The van der Waals surface area contributed by atoms with Crippen molar-refractivity contribution < 1.29 is 9.26 Å². The second kappa shape index (κ2) is 5.85. The van der Waals surface area contributed by atoms with Crippen LogP contribution in [0.25, 0.3) is 0 Å². The van der Waals surface area contributed by atoms with Crippen molar-refractivity contribution >= 4 is 0 Å². The highest BCUT2D eigenvalue weighted by Crippen LogP contribution is 2.38. The third-order valence-corrected chi connectivity index (χ3v) is 3.60. The number of nitrogens with zero attached hydrogens (tertiary/aromatic N) is 2. The molecule has 0 saturated heterocycles. The molecule has 0 amide bonds. The summed E-state index contributed by atoms with van der Waals surface area (Å²) in [7, 11) is 0. The maximum Gasteiger partial charge on any atom is 0.264 e. The molecule has 5 heteroatoms. The molecule has 1 aromatic carbocycles. The lowest BCUT2D eigenvalue weighted by molar-refractivity contribution is 0.239. The van der Waals surface area contributed by atoms with E-state index in [1.54, 1.807) is 0 Å². The third kappa shape index (κ3) is 3.42. The molecule has 5 nitrogen and oxygen atoms in total. The summed E-state index contributed by atoms with van der Waals surface area (Å²) >= 11 is 0. The van der Waals surface area contributed by atoms with Gasteiger partial charge in [-0.25, -0.2) is 0 Å². The molecule has 3 rings (SSSR count). The number of aryl methyl sites for hydroxylation is 1. The number of hydrogen-bond acceptors (Lipinski definition) is 5. The number of aromatic nitrogens is 2. The first-order chi connectivity index (χ1) is 10.1. The maximum absolute atomic E-state index is 5.92. The van der Waals surface area contributed by atoms with Crippen LogP contribution in [0.5, 0.6) is 5.75 Å². The van der Waals surface area contributed by atoms with E-state index in [-0.39, 0.29) is 6.04 Å². The van der Waals surface area contributed by atoms with E-state index in [2.05, 4.69) is 16.2 Å². The second-order valence-corrected chi connectivity index (χ2v) is 5.85. The lowest BCUT2D eigenvalue weighted by Crippen LogP contribution is -2.18. The van der Waals surface area contributed by atoms with Gasteiger partial charge in [0.1, 0.15) is 5.75 Å². The van der Waals surface area contributed by atoms with Gasteiger partial charge in [0.25, 0.3) is 5.89 Å². The number of para-hydroxylation sites is 1. The summed E-state index contributed by atoms with van der Waals surface area (Å²) in [5.74, 6) is 2.72. The fourth-order valence-corrected chi connectivity index (χ4v) is 2.40. The molecule has 0 spiro atoms. The van der Waals surface area contributed by atoms with Crippen molar-refractivity contribution in [2.75, 3.05) is 0 Å². The maximum atomic E-state index is 5.92. The summed E-state index contributed by atoms with van der Waals surface area (Å²) in [4.78, 5) is 4.38. The molecular weight excluding hydrogens is 266 g/mol. The van der Waals surface area contributed by atoms with Gasteiger partial charge in [-0.2, -0.15) is 4.98 Å². The van der Waals surface area contributed by atoms with Gasteiger partial charge in [0, 0.05) is 12.0 Å². The van der Waals surface area contributed by atoms with Crippen molar-refractivity contribution in [3.63, 3.8) is 0 Å². The Bertz CT molecular complexity index is 618. The van der Waals surface area contributed by atoms with E-state index in [9.17, 15) is 0 Å². The monoisotopic (exact) mass is 287 g/mol. The highest BCUT2D eigenvalue weighted by molar-refractivity contribution is 5.41. The van der Waals surface area contributed by atoms with Crippen molar-refractivity contribution in [1.29, 1.82) is 0 Å². The second-order valence-electron chi connectivity index (χ2n) is 5.85. The predicted octanol–water partition coefficient (Wildman–Crippen LogP) is 2.72. The van der Waals surface area contributed by atoms with Crippen LogP contribution in [0.3, 0.4) is 0 Å². The molecular formula is C16H21N3O2. The highest BCUT2D eigenvalue weighted by Gasteiger charge is 2.28. The molecule has 1 unspecified atom stereocenters. The van der Waals surface area contributed by atoms with Gasteiger partial charge in [-0.15, -0.1) is 0 Å². The quantitative estimate of drug-likeness (QED) is 0.884. The van der Waals surface area contributed by atoms with Gasteiger partial charge in [-0.3, -0.25) is 0 Å². The molecule has 0 bridgehead atoms. The zero-order chi connectivity index (χ0) is 14.8. The molecule has 1 aromatic heterocycles. The first-order valence-corrected chi connectivity index (χ1v) is 7.43. The molecule has 1 aliphatic rings. The SMILES string of the molecule is Cc1cccc(CC(C)N)c1OCc1nc(C2CC2)no1. The minimum absolute atomic E-state index is 0.0963. The van der Waals surface area contributed by atoms with E-state index in [0.29, 0.717) is 18.4 Å². The molecule has 112 valence electrons. The Morgan fingerprint density at radius 1 is 1.43 bits per heavy atom. The number of hydrogen-bond donors (Lipinski definition) is 1. The van der Waals surface area contributed by atoms with Gasteiger partial charge in [-0.1, -0.05) is 23.4 Å². The summed E-state index contributed by atoms with van der Waals surface area (Å²) in [6.07, 6.45) is 3.11. The first-order valence-electron chi connectivity index (χ1n) is 7.43. The molecule has 1 saturated carbocycles. The van der Waals surface area contributed by atoms with Gasteiger partial charge >= 0.3 is 0 Å². The number of nitrogens with two attached hydrogens (primary N) is 1. The normalized spacial score (nSPS) is 16.0. The van der Waals surface area contributed by atoms with Gasteiger partial charge in [-0.05, 0) is 44.2 Å². The summed E-state index contributed by atoms with van der Waals surface area (Å²) in [5.41, 5.74) is 8.11. The standard InChI is InChI=1S/C16H21N3O2/c1-10-4-3-5-13(8-11(2)17)15(10)20-9-14-18-16(19-21-14)12-6-7-12/h3-5,11-12H,6-9,17H2,1-2H3. The van der Waals surface area contributed by atoms with Gasteiger partial charge in [0.15, 0.2) is 12.4 Å². The van der Waals surface area contributed by atoms with Crippen LogP contribution in [-0.2, 0) is 13.0 Å². The van der Waals surface area contributed by atoms with Crippen LogP contribution in [0, 0.1) is 6.92 Å². The number of ether oxygens (including phenoxy) is 1. The third-order valence-electron chi connectivity index (χ3n) is 3.60. The van der Waals surface area contributed by atoms with Crippen molar-refractivity contribution in [3.05, 3.63) is 41.0 Å². The van der Waals surface area contributed by atoms with Crippen molar-refractivity contribution in [3.8, 4) is 5.75 Å². The van der Waals surface area contributed by atoms with Crippen LogP contribution in [0.2, 0.25) is 0 Å². The van der Waals surface area contributed by atoms with Crippen molar-refractivity contribution in [2.24, 2.45) is 5.73 Å². The minimum Gasteiger partial charge on any atom is -0.483 e. The summed E-state index contributed by atoms with van der Waals surface area (Å²) in [5, 5.41) is 4.00. The summed E-state index contributed by atoms with van der Waals surface area (Å²) in [6.45, 7) is 4.33. The fraction of sp³-hybridized carbons (Fsp3) is 0.500. The first kappa shape index (κ1) is 14.1. The molecule has 2 aromatic rings.